The number of hydrogen-bond donors (Lipinski definition) is 1. The molecular weight excluding hydrogens is 367 g/mol. The average Bonchev–Trinajstić information content (AvgIpc) is 2.60. The second-order valence-electron chi connectivity index (χ2n) is 5.01. The van der Waals surface area contributed by atoms with Gasteiger partial charge in [0.2, 0.25) is 5.82 Å². The van der Waals surface area contributed by atoms with Crippen molar-refractivity contribution in [1.29, 1.82) is 0 Å². The van der Waals surface area contributed by atoms with E-state index in [0.717, 1.165) is 6.07 Å². The van der Waals surface area contributed by atoms with Gasteiger partial charge in [0.1, 0.15) is 5.69 Å². The minimum atomic E-state index is -2.37. The van der Waals surface area contributed by atoms with Crippen LogP contribution in [0, 0.1) is 46.1 Å². The van der Waals surface area contributed by atoms with Crippen LogP contribution in [0.15, 0.2) is 18.2 Å². The number of nitro benzene ring substituents is 1. The zero-order valence-corrected chi connectivity index (χ0v) is 12.9. The van der Waals surface area contributed by atoms with Crippen LogP contribution in [0.3, 0.4) is 0 Å². The lowest BCUT2D eigenvalue weighted by atomic mass is 10.2. The van der Waals surface area contributed by atoms with Crippen molar-refractivity contribution in [3.63, 3.8) is 0 Å². The van der Waals surface area contributed by atoms with E-state index in [0.29, 0.717) is 5.56 Å². The first kappa shape index (κ1) is 19.1. The largest absolute Gasteiger partial charge is 0.477 e. The smallest absolute Gasteiger partial charge is 0.311 e. The standard InChI is InChI=1S/C15H9F5N2O4/c1-6-2-3-8(7(4-6)22(24)25)26-5-9(23)21-15-13(19)11(17)10(16)12(18)14(15)20/h2-4H,5H2,1H3,(H,21,23). The molecule has 0 atom stereocenters. The van der Waals surface area contributed by atoms with Gasteiger partial charge in [-0.3, -0.25) is 14.9 Å². The zero-order chi connectivity index (χ0) is 19.6. The molecule has 26 heavy (non-hydrogen) atoms. The predicted molar refractivity (Wildman–Crippen MR) is 78.2 cm³/mol. The number of nitrogens with one attached hydrogen (secondary N) is 1. The normalized spacial score (nSPS) is 10.5. The fourth-order valence-corrected chi connectivity index (χ4v) is 1.93. The van der Waals surface area contributed by atoms with Crippen molar-refractivity contribution < 1.29 is 36.4 Å². The highest BCUT2D eigenvalue weighted by molar-refractivity contribution is 5.92. The van der Waals surface area contributed by atoms with Gasteiger partial charge in [-0.15, -0.1) is 0 Å². The highest BCUT2D eigenvalue weighted by atomic mass is 19.2. The molecule has 0 radical (unpaired) electrons. The van der Waals surface area contributed by atoms with Crippen LogP contribution in [-0.2, 0) is 4.79 Å². The molecule has 2 aromatic carbocycles. The molecule has 6 nitrogen and oxygen atoms in total. The van der Waals surface area contributed by atoms with Gasteiger partial charge in [0.15, 0.2) is 35.6 Å². The molecule has 0 aliphatic carbocycles. The van der Waals surface area contributed by atoms with Crippen LogP contribution in [0.25, 0.3) is 0 Å². The van der Waals surface area contributed by atoms with Gasteiger partial charge in [0.05, 0.1) is 4.92 Å². The fourth-order valence-electron chi connectivity index (χ4n) is 1.93. The Morgan fingerprint density at radius 2 is 1.62 bits per heavy atom. The number of nitro groups is 1. The van der Waals surface area contributed by atoms with Gasteiger partial charge < -0.3 is 10.1 Å². The van der Waals surface area contributed by atoms with Crippen molar-refractivity contribution in [3.8, 4) is 5.75 Å². The SMILES string of the molecule is Cc1ccc(OCC(=O)Nc2c(F)c(F)c(F)c(F)c2F)c([N+](=O)[O-])c1. The number of amides is 1. The van der Waals surface area contributed by atoms with E-state index < -0.39 is 57.9 Å². The number of aryl methyl sites for hydroxylation is 1. The monoisotopic (exact) mass is 376 g/mol. The Hall–Kier alpha value is -3.24. The summed E-state index contributed by atoms with van der Waals surface area (Å²) in [6.07, 6.45) is 0. The maximum Gasteiger partial charge on any atom is 0.311 e. The van der Waals surface area contributed by atoms with Gasteiger partial charge in [-0.1, -0.05) is 6.07 Å². The summed E-state index contributed by atoms with van der Waals surface area (Å²) in [4.78, 5) is 21.8. The highest BCUT2D eigenvalue weighted by Gasteiger charge is 2.27. The zero-order valence-electron chi connectivity index (χ0n) is 12.9. The summed E-state index contributed by atoms with van der Waals surface area (Å²) >= 11 is 0. The van der Waals surface area contributed by atoms with Crippen molar-refractivity contribution in [2.45, 2.75) is 6.92 Å². The fraction of sp³-hybridized carbons (Fsp3) is 0.133. The lowest BCUT2D eigenvalue weighted by Gasteiger charge is -2.11. The van der Waals surface area contributed by atoms with Gasteiger partial charge in [0, 0.05) is 6.07 Å². The number of hydrogen-bond acceptors (Lipinski definition) is 4. The summed E-state index contributed by atoms with van der Waals surface area (Å²) in [5.41, 5.74) is -1.47. The summed E-state index contributed by atoms with van der Waals surface area (Å²) in [5, 5.41) is 12.4. The molecule has 0 aliphatic rings. The lowest BCUT2D eigenvalue weighted by molar-refractivity contribution is -0.385. The summed E-state index contributed by atoms with van der Waals surface area (Å²) in [7, 11) is 0. The minimum Gasteiger partial charge on any atom is -0.477 e. The quantitative estimate of drug-likeness (QED) is 0.284. The second-order valence-corrected chi connectivity index (χ2v) is 5.01. The van der Waals surface area contributed by atoms with Crippen molar-refractivity contribution in [2.24, 2.45) is 0 Å². The maximum atomic E-state index is 13.5. The number of anilines is 1. The summed E-state index contributed by atoms with van der Waals surface area (Å²) in [6, 6.07) is 3.81. The molecule has 0 aliphatic heterocycles. The van der Waals surface area contributed by atoms with Crippen molar-refractivity contribution in [3.05, 3.63) is 63.0 Å². The molecule has 0 aromatic heterocycles. The molecule has 0 saturated carbocycles. The van der Waals surface area contributed by atoms with Crippen LogP contribution >= 0.6 is 0 Å². The molecule has 0 spiro atoms. The lowest BCUT2D eigenvalue weighted by Crippen LogP contribution is -2.23. The van der Waals surface area contributed by atoms with Crippen LogP contribution in [0.5, 0.6) is 5.75 Å². The van der Waals surface area contributed by atoms with Crippen molar-refractivity contribution in [1.82, 2.24) is 0 Å². The van der Waals surface area contributed by atoms with E-state index in [2.05, 4.69) is 0 Å². The first-order valence-corrected chi connectivity index (χ1v) is 6.82. The molecule has 0 heterocycles. The van der Waals surface area contributed by atoms with E-state index in [1.165, 1.54) is 17.4 Å². The van der Waals surface area contributed by atoms with E-state index >= 15 is 0 Å². The molecule has 1 amide bonds. The van der Waals surface area contributed by atoms with E-state index in [1.807, 2.05) is 0 Å². The predicted octanol–water partition coefficient (Wildman–Crippen LogP) is 3.62. The Kier molecular flexibility index (Phi) is 5.38. The molecule has 1 N–H and O–H groups in total. The summed E-state index contributed by atoms with van der Waals surface area (Å²) < 4.78 is 70.9. The maximum absolute atomic E-state index is 13.5. The van der Waals surface area contributed by atoms with Gasteiger partial charge in [0.25, 0.3) is 5.91 Å². The average molecular weight is 376 g/mol. The topological polar surface area (TPSA) is 81.5 Å². The third-order valence-electron chi connectivity index (χ3n) is 3.14. The third kappa shape index (κ3) is 3.71. The van der Waals surface area contributed by atoms with E-state index in [9.17, 15) is 36.9 Å². The van der Waals surface area contributed by atoms with Gasteiger partial charge in [-0.2, -0.15) is 0 Å². The molecule has 0 saturated heterocycles. The van der Waals surface area contributed by atoms with E-state index in [-0.39, 0.29) is 5.75 Å². The number of halogens is 5. The Labute approximate surface area is 142 Å². The molecule has 0 bridgehead atoms. The summed E-state index contributed by atoms with van der Waals surface area (Å²) in [5.74, 6) is -12.9. The first-order chi connectivity index (χ1) is 12.1. The Bertz CT molecular complexity index is 875. The molecule has 0 fully saturated rings. The Morgan fingerprint density at radius 1 is 1.08 bits per heavy atom. The van der Waals surface area contributed by atoms with E-state index in [1.54, 1.807) is 6.92 Å². The molecular formula is C15H9F5N2O4. The van der Waals surface area contributed by atoms with Crippen LogP contribution < -0.4 is 10.1 Å². The molecule has 11 heteroatoms. The number of carbonyl (C=O) groups is 1. The number of carbonyl (C=O) groups excluding carboxylic acids is 1. The van der Waals surface area contributed by atoms with E-state index in [4.69, 9.17) is 4.74 Å². The molecule has 2 aromatic rings. The van der Waals surface area contributed by atoms with Gasteiger partial charge in [-0.25, -0.2) is 22.0 Å². The van der Waals surface area contributed by atoms with Gasteiger partial charge in [-0.05, 0) is 18.6 Å². The Morgan fingerprint density at radius 3 is 2.15 bits per heavy atom. The van der Waals surface area contributed by atoms with Crippen molar-refractivity contribution in [2.75, 3.05) is 11.9 Å². The first-order valence-electron chi connectivity index (χ1n) is 6.82. The highest BCUT2D eigenvalue weighted by Crippen LogP contribution is 2.29. The third-order valence-corrected chi connectivity index (χ3v) is 3.14. The second kappa shape index (κ2) is 7.33. The number of rotatable bonds is 5. The van der Waals surface area contributed by atoms with Crippen LogP contribution in [0.4, 0.5) is 33.3 Å². The molecule has 138 valence electrons. The Balaban J connectivity index is 2.18. The van der Waals surface area contributed by atoms with Crippen molar-refractivity contribution >= 4 is 17.3 Å². The van der Waals surface area contributed by atoms with Crippen LogP contribution in [-0.4, -0.2) is 17.4 Å². The number of benzene rings is 2. The van der Waals surface area contributed by atoms with Gasteiger partial charge >= 0.3 is 5.69 Å². The summed E-state index contributed by atoms with van der Waals surface area (Å²) in [6.45, 7) is 0.607. The number of nitrogens with zero attached hydrogens (tertiary/aromatic N) is 1. The number of ether oxygens (including phenoxy) is 1. The van der Waals surface area contributed by atoms with Crippen LogP contribution in [0.2, 0.25) is 0 Å². The molecule has 0 unspecified atom stereocenters. The van der Waals surface area contributed by atoms with Crippen LogP contribution in [0.1, 0.15) is 5.56 Å². The minimum absolute atomic E-state index is 0.312. The molecule has 2 rings (SSSR count).